The Balaban J connectivity index is 2.58. The normalized spacial score (nSPS) is 11.9. The van der Waals surface area contributed by atoms with E-state index >= 15 is 0 Å². The maximum absolute atomic E-state index is 13.3. The number of nitrogens with two attached hydrogens (primary N) is 1. The van der Waals surface area contributed by atoms with Gasteiger partial charge in [0.05, 0.1) is 6.54 Å². The Kier molecular flexibility index (Phi) is 5.35. The molecular formula is C18H20F3N3O3. The second-order valence-electron chi connectivity index (χ2n) is 6.56. The lowest BCUT2D eigenvalue weighted by Crippen LogP contribution is -2.35. The van der Waals surface area contributed by atoms with Crippen molar-refractivity contribution in [3.05, 3.63) is 56.8 Å². The number of primary amides is 1. The summed E-state index contributed by atoms with van der Waals surface area (Å²) in [4.78, 5) is 36.3. The molecule has 0 saturated heterocycles. The van der Waals surface area contributed by atoms with Crippen LogP contribution in [0.1, 0.15) is 57.7 Å². The molecule has 2 rings (SSSR count). The molecule has 0 radical (unpaired) electrons. The van der Waals surface area contributed by atoms with Crippen molar-refractivity contribution in [1.82, 2.24) is 9.13 Å². The molecule has 0 saturated carbocycles. The summed E-state index contributed by atoms with van der Waals surface area (Å²) in [5.74, 6) is -1.82. The fourth-order valence-corrected chi connectivity index (χ4v) is 3.25. The minimum absolute atomic E-state index is 0.0539. The van der Waals surface area contributed by atoms with Gasteiger partial charge in [0.15, 0.2) is 5.78 Å². The summed E-state index contributed by atoms with van der Waals surface area (Å²) in [7, 11) is 0. The van der Waals surface area contributed by atoms with Crippen LogP contribution < -0.4 is 11.3 Å². The third-order valence-electron chi connectivity index (χ3n) is 4.33. The van der Waals surface area contributed by atoms with Gasteiger partial charge in [0.25, 0.3) is 11.5 Å². The lowest BCUT2D eigenvalue weighted by atomic mass is 10.1. The Labute approximate surface area is 153 Å². The Hall–Kier alpha value is -2.84. The number of nitrogens with zero attached hydrogens (tertiary/aromatic N) is 2. The Morgan fingerprint density at radius 3 is 2.19 bits per heavy atom. The highest BCUT2D eigenvalue weighted by Gasteiger charge is 2.36. The van der Waals surface area contributed by atoms with Gasteiger partial charge in [0.2, 0.25) is 0 Å². The third kappa shape index (κ3) is 3.81. The van der Waals surface area contributed by atoms with Gasteiger partial charge in [-0.05, 0) is 45.9 Å². The van der Waals surface area contributed by atoms with Gasteiger partial charge < -0.3 is 10.3 Å². The summed E-state index contributed by atoms with van der Waals surface area (Å²) >= 11 is 0. The Bertz CT molecular complexity index is 969. The number of aromatic nitrogens is 2. The van der Waals surface area contributed by atoms with Gasteiger partial charge in [0, 0.05) is 23.0 Å². The van der Waals surface area contributed by atoms with Crippen LogP contribution in [0.25, 0.3) is 0 Å². The molecule has 146 valence electrons. The molecule has 0 aromatic carbocycles. The number of aryl methyl sites for hydroxylation is 1. The molecular weight excluding hydrogens is 363 g/mol. The molecule has 0 aliphatic rings. The molecule has 9 heteroatoms. The van der Waals surface area contributed by atoms with E-state index in [-0.39, 0.29) is 16.2 Å². The zero-order chi connectivity index (χ0) is 20.7. The van der Waals surface area contributed by atoms with E-state index in [4.69, 9.17) is 5.73 Å². The van der Waals surface area contributed by atoms with E-state index in [0.29, 0.717) is 11.8 Å². The number of hydrogen-bond donors (Lipinski definition) is 1. The lowest BCUT2D eigenvalue weighted by Gasteiger charge is -2.16. The predicted octanol–water partition coefficient (Wildman–Crippen LogP) is 2.85. The minimum atomic E-state index is -4.87. The van der Waals surface area contributed by atoms with Crippen molar-refractivity contribution in [2.45, 2.75) is 46.5 Å². The van der Waals surface area contributed by atoms with Crippen LogP contribution in [0.4, 0.5) is 13.2 Å². The van der Waals surface area contributed by atoms with Gasteiger partial charge in [-0.2, -0.15) is 13.2 Å². The monoisotopic (exact) mass is 383 g/mol. The van der Waals surface area contributed by atoms with Crippen molar-refractivity contribution in [2.24, 2.45) is 5.73 Å². The second kappa shape index (κ2) is 7.05. The fraction of sp³-hybridized carbons (Fsp3) is 0.389. The number of pyridine rings is 1. The number of carbonyl (C=O) groups excluding carboxylic acids is 2. The lowest BCUT2D eigenvalue weighted by molar-refractivity contribution is -0.144. The van der Waals surface area contributed by atoms with Crippen LogP contribution >= 0.6 is 0 Å². The van der Waals surface area contributed by atoms with E-state index in [1.807, 2.05) is 18.4 Å². The zero-order valence-corrected chi connectivity index (χ0v) is 15.3. The first kappa shape index (κ1) is 20.5. The molecule has 1 amide bonds. The number of amides is 1. The number of rotatable bonds is 5. The van der Waals surface area contributed by atoms with E-state index < -0.39 is 41.2 Å². The van der Waals surface area contributed by atoms with Gasteiger partial charge >= 0.3 is 6.18 Å². The SMILES string of the molecule is Cc1cc(C(=O)Cn2c(C(F)(F)F)ccc(C(N)=O)c2=O)c(C)n1C(C)C. The summed E-state index contributed by atoms with van der Waals surface area (Å²) < 4.78 is 42.0. The number of Topliss-reactive ketones (excluding diaryl/α,β-unsaturated/α-hetero) is 1. The Morgan fingerprint density at radius 2 is 1.74 bits per heavy atom. The van der Waals surface area contributed by atoms with Crippen molar-refractivity contribution in [2.75, 3.05) is 0 Å². The maximum atomic E-state index is 13.3. The summed E-state index contributed by atoms with van der Waals surface area (Å²) in [5.41, 5.74) is 3.48. The van der Waals surface area contributed by atoms with Crippen molar-refractivity contribution >= 4 is 11.7 Å². The highest BCUT2D eigenvalue weighted by molar-refractivity contribution is 5.97. The third-order valence-corrected chi connectivity index (χ3v) is 4.33. The van der Waals surface area contributed by atoms with Gasteiger partial charge in [0.1, 0.15) is 11.3 Å². The molecule has 2 heterocycles. The quantitative estimate of drug-likeness (QED) is 0.806. The van der Waals surface area contributed by atoms with Crippen LogP contribution in [-0.2, 0) is 12.7 Å². The van der Waals surface area contributed by atoms with E-state index in [9.17, 15) is 27.6 Å². The highest BCUT2D eigenvalue weighted by Crippen LogP contribution is 2.29. The molecule has 2 aromatic rings. The fourth-order valence-electron chi connectivity index (χ4n) is 3.25. The molecule has 0 fully saturated rings. The molecule has 2 aromatic heterocycles. The first-order chi connectivity index (χ1) is 12.4. The maximum Gasteiger partial charge on any atom is 0.431 e. The van der Waals surface area contributed by atoms with Crippen LogP contribution in [0.15, 0.2) is 23.0 Å². The molecule has 2 N–H and O–H groups in total. The first-order valence-electron chi connectivity index (χ1n) is 8.18. The molecule has 27 heavy (non-hydrogen) atoms. The van der Waals surface area contributed by atoms with Crippen LogP contribution in [0.3, 0.4) is 0 Å². The summed E-state index contributed by atoms with van der Waals surface area (Å²) in [5, 5.41) is 0. The first-order valence-corrected chi connectivity index (χ1v) is 8.18. The summed E-state index contributed by atoms with van der Waals surface area (Å²) in [6, 6.07) is 2.93. The average molecular weight is 383 g/mol. The van der Waals surface area contributed by atoms with E-state index in [2.05, 4.69) is 0 Å². The van der Waals surface area contributed by atoms with Crippen molar-refractivity contribution in [1.29, 1.82) is 0 Å². The average Bonchev–Trinajstić information content (AvgIpc) is 2.82. The molecule has 0 spiro atoms. The van der Waals surface area contributed by atoms with Crippen molar-refractivity contribution < 1.29 is 22.8 Å². The number of alkyl halides is 3. The molecule has 6 nitrogen and oxygen atoms in total. The molecule has 0 bridgehead atoms. The topological polar surface area (TPSA) is 87.1 Å². The Morgan fingerprint density at radius 1 is 1.15 bits per heavy atom. The minimum Gasteiger partial charge on any atom is -0.365 e. The van der Waals surface area contributed by atoms with Crippen LogP contribution in [0.5, 0.6) is 0 Å². The van der Waals surface area contributed by atoms with Crippen molar-refractivity contribution in [3.63, 3.8) is 0 Å². The van der Waals surface area contributed by atoms with Crippen LogP contribution in [0, 0.1) is 13.8 Å². The molecule has 0 aliphatic carbocycles. The van der Waals surface area contributed by atoms with E-state index in [1.54, 1.807) is 19.9 Å². The van der Waals surface area contributed by atoms with Gasteiger partial charge in [-0.15, -0.1) is 0 Å². The predicted molar refractivity (Wildman–Crippen MR) is 92.8 cm³/mol. The second-order valence-corrected chi connectivity index (χ2v) is 6.56. The van der Waals surface area contributed by atoms with Crippen LogP contribution in [0.2, 0.25) is 0 Å². The van der Waals surface area contributed by atoms with E-state index in [1.165, 1.54) is 0 Å². The summed E-state index contributed by atoms with van der Waals surface area (Å²) in [6.45, 7) is 6.45. The molecule has 0 atom stereocenters. The van der Waals surface area contributed by atoms with Gasteiger partial charge in [-0.1, -0.05) is 0 Å². The standard InChI is InChI=1S/C18H20F3N3O3/c1-9(2)24-10(3)7-13(11(24)4)14(25)8-23-15(18(19,20)21)6-5-12(16(22)26)17(23)27/h5-7,9H,8H2,1-4H3,(H2,22,26). The molecule has 0 aliphatic heterocycles. The van der Waals surface area contributed by atoms with Gasteiger partial charge in [-0.3, -0.25) is 19.0 Å². The zero-order valence-electron chi connectivity index (χ0n) is 15.3. The highest BCUT2D eigenvalue weighted by atomic mass is 19.4. The van der Waals surface area contributed by atoms with Crippen molar-refractivity contribution in [3.8, 4) is 0 Å². The smallest absolute Gasteiger partial charge is 0.365 e. The number of ketones is 1. The largest absolute Gasteiger partial charge is 0.431 e. The van der Waals surface area contributed by atoms with E-state index in [0.717, 1.165) is 11.8 Å². The summed E-state index contributed by atoms with van der Waals surface area (Å²) in [6.07, 6.45) is -4.87. The van der Waals surface area contributed by atoms with Crippen LogP contribution in [-0.4, -0.2) is 20.8 Å². The molecule has 0 unspecified atom stereocenters. The van der Waals surface area contributed by atoms with Gasteiger partial charge in [-0.25, -0.2) is 0 Å². The number of hydrogen-bond acceptors (Lipinski definition) is 3. The number of carbonyl (C=O) groups is 2. The number of halogens is 3.